The van der Waals surface area contributed by atoms with Crippen LogP contribution in [0.4, 0.5) is 18.9 Å². The number of carbonyl (C=O) groups is 1. The fourth-order valence-corrected chi connectivity index (χ4v) is 6.90. The van der Waals surface area contributed by atoms with E-state index in [1.807, 2.05) is 6.92 Å². The van der Waals surface area contributed by atoms with Crippen LogP contribution in [0.25, 0.3) is 0 Å². The molecule has 0 aromatic heterocycles. The second-order valence-corrected chi connectivity index (χ2v) is 10.5. The second-order valence-electron chi connectivity index (χ2n) is 10.5. The van der Waals surface area contributed by atoms with E-state index in [0.29, 0.717) is 43.9 Å². The molecule has 4 aliphatic carbocycles. The van der Waals surface area contributed by atoms with Gasteiger partial charge in [0.2, 0.25) is 5.91 Å². The Morgan fingerprint density at radius 1 is 1.06 bits per heavy atom. The van der Waals surface area contributed by atoms with Crippen LogP contribution in [0.5, 0.6) is 0 Å². The van der Waals surface area contributed by atoms with Gasteiger partial charge < -0.3 is 15.3 Å². The molecule has 3 atom stereocenters. The molecule has 32 heavy (non-hydrogen) atoms. The number of alkyl halides is 3. The van der Waals surface area contributed by atoms with Gasteiger partial charge in [-0.25, -0.2) is 0 Å². The van der Waals surface area contributed by atoms with Crippen molar-refractivity contribution in [2.75, 3.05) is 31.1 Å². The summed E-state index contributed by atoms with van der Waals surface area (Å²) in [7, 11) is 0. The Balaban J connectivity index is 1.14. The second kappa shape index (κ2) is 7.90. The van der Waals surface area contributed by atoms with Crippen LogP contribution in [0, 0.1) is 17.8 Å². The van der Waals surface area contributed by atoms with Crippen molar-refractivity contribution < 1.29 is 23.1 Å². The lowest BCUT2D eigenvalue weighted by Gasteiger charge is -2.58. The lowest BCUT2D eigenvalue weighted by molar-refractivity contribution is -0.148. The molecule has 5 aliphatic rings. The van der Waals surface area contributed by atoms with Crippen LogP contribution in [0.15, 0.2) is 24.3 Å². The van der Waals surface area contributed by atoms with Gasteiger partial charge in [0.1, 0.15) is 0 Å². The van der Waals surface area contributed by atoms with Crippen molar-refractivity contribution in [1.29, 1.82) is 0 Å². The minimum absolute atomic E-state index is 0.0532. The molecule has 1 aromatic carbocycles. The lowest BCUT2D eigenvalue weighted by Crippen LogP contribution is -2.63. The first-order chi connectivity index (χ1) is 15.1. The van der Waals surface area contributed by atoms with Gasteiger partial charge in [-0.05, 0) is 81.0 Å². The first kappa shape index (κ1) is 22.0. The molecule has 1 amide bonds. The van der Waals surface area contributed by atoms with Gasteiger partial charge >= 0.3 is 6.18 Å². The molecular formula is C24H32F3N3O2. The molecule has 6 rings (SSSR count). The Hall–Kier alpha value is -1.80. The third-order valence-electron chi connectivity index (χ3n) is 8.35. The van der Waals surface area contributed by atoms with Crippen LogP contribution in [-0.2, 0) is 11.0 Å². The van der Waals surface area contributed by atoms with Crippen LogP contribution in [0.3, 0.4) is 0 Å². The zero-order chi connectivity index (χ0) is 22.7. The number of anilines is 1. The van der Waals surface area contributed by atoms with Gasteiger partial charge in [0.15, 0.2) is 0 Å². The van der Waals surface area contributed by atoms with Crippen LogP contribution < -0.4 is 10.2 Å². The standard InChI is InChI=1S/C24H32F3N3O2/c1-15(22(31)28-21-17-10-16-11-18(21)14-23(32,12-16)13-17)29-6-8-30(9-7-29)20-4-2-19(3-5-20)24(25,26)27/h2-5,15-18,21,32H,6-14H2,1H3,(H,28,31). The molecule has 8 heteroatoms. The number of rotatable bonds is 4. The summed E-state index contributed by atoms with van der Waals surface area (Å²) in [5.41, 5.74) is -0.360. The molecule has 0 spiro atoms. The molecule has 1 aliphatic heterocycles. The van der Waals surface area contributed by atoms with Crippen LogP contribution in [0.1, 0.15) is 44.6 Å². The summed E-state index contributed by atoms with van der Waals surface area (Å²) in [5.74, 6) is 1.44. The van der Waals surface area contributed by atoms with Gasteiger partial charge in [-0.15, -0.1) is 0 Å². The number of nitrogens with one attached hydrogen (secondary N) is 1. The predicted molar refractivity (Wildman–Crippen MR) is 115 cm³/mol. The van der Waals surface area contributed by atoms with Gasteiger partial charge in [-0.1, -0.05) is 0 Å². The number of amides is 1. The molecule has 176 valence electrons. The zero-order valence-electron chi connectivity index (χ0n) is 18.4. The van der Waals surface area contributed by atoms with E-state index >= 15 is 0 Å². The van der Waals surface area contributed by atoms with Crippen molar-refractivity contribution in [3.63, 3.8) is 0 Å². The maximum Gasteiger partial charge on any atom is 0.416 e. The van der Waals surface area contributed by atoms with Gasteiger partial charge in [0.25, 0.3) is 0 Å². The average molecular weight is 452 g/mol. The molecular weight excluding hydrogens is 419 g/mol. The zero-order valence-corrected chi connectivity index (χ0v) is 18.4. The lowest BCUT2D eigenvalue weighted by atomic mass is 9.52. The van der Waals surface area contributed by atoms with Crippen molar-refractivity contribution in [1.82, 2.24) is 10.2 Å². The van der Waals surface area contributed by atoms with E-state index in [-0.39, 0.29) is 18.0 Å². The molecule has 1 aromatic rings. The molecule has 0 radical (unpaired) electrons. The van der Waals surface area contributed by atoms with Gasteiger partial charge in [-0.2, -0.15) is 13.2 Å². The van der Waals surface area contributed by atoms with E-state index in [4.69, 9.17) is 0 Å². The summed E-state index contributed by atoms with van der Waals surface area (Å²) in [6.45, 7) is 4.66. The van der Waals surface area contributed by atoms with E-state index < -0.39 is 17.3 Å². The molecule has 2 N–H and O–H groups in total. The maximum atomic E-state index is 13.1. The predicted octanol–water partition coefficient (Wildman–Crippen LogP) is 3.27. The molecule has 4 saturated carbocycles. The number of aliphatic hydroxyl groups is 1. The average Bonchev–Trinajstić information content (AvgIpc) is 2.74. The normalized spacial score (nSPS) is 35.7. The number of carbonyl (C=O) groups excluding carboxylic acids is 1. The number of hydrogen-bond donors (Lipinski definition) is 2. The Labute approximate surface area is 186 Å². The Morgan fingerprint density at radius 2 is 1.66 bits per heavy atom. The van der Waals surface area contributed by atoms with Crippen molar-refractivity contribution in [2.45, 2.75) is 62.9 Å². The van der Waals surface area contributed by atoms with Crippen LogP contribution in [-0.4, -0.2) is 59.8 Å². The summed E-state index contributed by atoms with van der Waals surface area (Å²) in [6.07, 6.45) is 0.458. The summed E-state index contributed by atoms with van der Waals surface area (Å²) >= 11 is 0. The molecule has 4 bridgehead atoms. The van der Waals surface area contributed by atoms with E-state index in [2.05, 4.69) is 15.1 Å². The number of hydrogen-bond acceptors (Lipinski definition) is 4. The maximum absolute atomic E-state index is 13.1. The quantitative estimate of drug-likeness (QED) is 0.738. The van der Waals surface area contributed by atoms with Gasteiger partial charge in [0.05, 0.1) is 17.2 Å². The van der Waals surface area contributed by atoms with Gasteiger partial charge in [0, 0.05) is 37.9 Å². The Bertz CT molecular complexity index is 835. The third-order valence-corrected chi connectivity index (χ3v) is 8.35. The molecule has 1 heterocycles. The van der Waals surface area contributed by atoms with Crippen molar-refractivity contribution in [3.05, 3.63) is 29.8 Å². The Kier molecular flexibility index (Phi) is 5.44. The largest absolute Gasteiger partial charge is 0.416 e. The minimum atomic E-state index is -4.32. The highest BCUT2D eigenvalue weighted by atomic mass is 19.4. The first-order valence-electron chi connectivity index (χ1n) is 11.8. The Morgan fingerprint density at radius 3 is 2.19 bits per heavy atom. The SMILES string of the molecule is CC(C(=O)NC1C2CC3CC1CC(O)(C3)C2)N1CCN(c2ccc(C(F)(F)F)cc2)CC1. The minimum Gasteiger partial charge on any atom is -0.390 e. The third kappa shape index (κ3) is 4.12. The monoisotopic (exact) mass is 451 g/mol. The van der Waals surface area contributed by atoms with E-state index in [0.717, 1.165) is 49.9 Å². The fourth-order valence-electron chi connectivity index (χ4n) is 6.90. The fraction of sp³-hybridized carbons (Fsp3) is 0.708. The van der Waals surface area contributed by atoms with E-state index in [9.17, 15) is 23.1 Å². The van der Waals surface area contributed by atoms with E-state index in [1.165, 1.54) is 12.1 Å². The summed E-state index contributed by atoms with van der Waals surface area (Å²) in [4.78, 5) is 17.3. The summed E-state index contributed by atoms with van der Waals surface area (Å²) in [5, 5.41) is 14.1. The van der Waals surface area contributed by atoms with Crippen molar-refractivity contribution in [2.24, 2.45) is 17.8 Å². The summed E-state index contributed by atoms with van der Waals surface area (Å²) in [6, 6.07) is 5.22. The highest BCUT2D eigenvalue weighted by Gasteiger charge is 2.55. The number of halogens is 3. The van der Waals surface area contributed by atoms with Crippen LogP contribution in [0.2, 0.25) is 0 Å². The molecule has 5 nitrogen and oxygen atoms in total. The number of benzene rings is 1. The van der Waals surface area contributed by atoms with Crippen molar-refractivity contribution in [3.8, 4) is 0 Å². The van der Waals surface area contributed by atoms with Crippen molar-refractivity contribution >= 4 is 11.6 Å². The van der Waals surface area contributed by atoms with E-state index in [1.54, 1.807) is 0 Å². The van der Waals surface area contributed by atoms with Crippen LogP contribution >= 0.6 is 0 Å². The highest BCUT2D eigenvalue weighted by Crippen LogP contribution is 2.55. The molecule has 3 unspecified atom stereocenters. The highest BCUT2D eigenvalue weighted by molar-refractivity contribution is 5.81. The molecule has 5 fully saturated rings. The topological polar surface area (TPSA) is 55.8 Å². The summed E-state index contributed by atoms with van der Waals surface area (Å²) < 4.78 is 38.4. The number of piperazine rings is 1. The number of nitrogens with zero attached hydrogens (tertiary/aromatic N) is 2. The van der Waals surface area contributed by atoms with Gasteiger partial charge in [-0.3, -0.25) is 9.69 Å². The molecule has 1 saturated heterocycles. The first-order valence-corrected chi connectivity index (χ1v) is 11.8. The smallest absolute Gasteiger partial charge is 0.390 e.